The molecule has 0 radical (unpaired) electrons. The van der Waals surface area contributed by atoms with Crippen LogP contribution in [0.3, 0.4) is 0 Å². The predicted molar refractivity (Wildman–Crippen MR) is 130 cm³/mol. The molecule has 0 saturated carbocycles. The normalized spacial score (nSPS) is 17.7. The second-order valence-electron chi connectivity index (χ2n) is 8.43. The first-order valence-electron chi connectivity index (χ1n) is 11.0. The summed E-state index contributed by atoms with van der Waals surface area (Å²) in [5.74, 6) is 1.11. The number of hydrogen-bond acceptors (Lipinski definition) is 4. The summed E-state index contributed by atoms with van der Waals surface area (Å²) in [7, 11) is 2.09. The van der Waals surface area contributed by atoms with Crippen LogP contribution in [0.1, 0.15) is 28.1 Å². The fourth-order valence-corrected chi connectivity index (χ4v) is 4.41. The molecule has 6 nitrogen and oxygen atoms in total. The zero-order chi connectivity index (χ0) is 22.9. The number of fused-ring (bicyclic) bond motifs is 1. The van der Waals surface area contributed by atoms with Gasteiger partial charge in [-0.25, -0.2) is 0 Å². The van der Waals surface area contributed by atoms with Crippen molar-refractivity contribution in [2.24, 2.45) is 0 Å². The van der Waals surface area contributed by atoms with Gasteiger partial charge in [-0.05, 0) is 68.6 Å². The number of amides is 2. The van der Waals surface area contributed by atoms with E-state index in [-0.39, 0.29) is 11.8 Å². The third-order valence-electron chi connectivity index (χ3n) is 6.10. The van der Waals surface area contributed by atoms with Crippen LogP contribution >= 0.6 is 11.6 Å². The highest BCUT2D eigenvalue weighted by atomic mass is 35.5. The minimum atomic E-state index is -0.187. The van der Waals surface area contributed by atoms with Gasteiger partial charge in [0.15, 0.2) is 0 Å². The average Bonchev–Trinajstić information content (AvgIpc) is 3.33. The molecule has 2 aromatic carbocycles. The second kappa shape index (κ2) is 8.89. The van der Waals surface area contributed by atoms with Crippen molar-refractivity contribution in [1.82, 2.24) is 9.80 Å². The van der Waals surface area contributed by atoms with Crippen molar-refractivity contribution in [1.29, 1.82) is 0 Å². The Hall–Kier alpha value is -3.35. The van der Waals surface area contributed by atoms with Crippen LogP contribution in [0.5, 0.6) is 0 Å². The third kappa shape index (κ3) is 4.45. The first-order chi connectivity index (χ1) is 16.0. The Labute approximate surface area is 197 Å². The highest BCUT2D eigenvalue weighted by Crippen LogP contribution is 2.35. The van der Waals surface area contributed by atoms with Gasteiger partial charge in [0.2, 0.25) is 0 Å². The first-order valence-corrected chi connectivity index (χ1v) is 11.4. The monoisotopic (exact) mass is 461 g/mol. The van der Waals surface area contributed by atoms with E-state index in [1.165, 1.54) is 0 Å². The zero-order valence-corrected chi connectivity index (χ0v) is 19.1. The molecule has 0 bridgehead atoms. The van der Waals surface area contributed by atoms with E-state index in [1.807, 2.05) is 41.3 Å². The summed E-state index contributed by atoms with van der Waals surface area (Å²) in [5, 5.41) is 3.41. The summed E-state index contributed by atoms with van der Waals surface area (Å²) in [6.07, 6.45) is 2.70. The molecule has 0 unspecified atom stereocenters. The van der Waals surface area contributed by atoms with Crippen molar-refractivity contribution < 1.29 is 14.0 Å². The number of halogens is 1. The number of rotatable bonds is 3. The first kappa shape index (κ1) is 21.5. The lowest BCUT2D eigenvalue weighted by molar-refractivity contribution is -0.110. The molecule has 2 aliphatic heterocycles. The Morgan fingerprint density at radius 2 is 1.85 bits per heavy atom. The highest BCUT2D eigenvalue weighted by molar-refractivity contribution is 6.36. The van der Waals surface area contributed by atoms with Gasteiger partial charge in [0.25, 0.3) is 11.8 Å². The van der Waals surface area contributed by atoms with Gasteiger partial charge in [-0.3, -0.25) is 9.59 Å². The Kier molecular flexibility index (Phi) is 5.79. The number of carbonyl (C=O) groups is 2. The molecule has 0 atom stereocenters. The largest absolute Gasteiger partial charge is 0.457 e. The number of anilines is 1. The van der Waals surface area contributed by atoms with E-state index in [0.29, 0.717) is 27.7 Å². The quantitative estimate of drug-likeness (QED) is 0.565. The van der Waals surface area contributed by atoms with Gasteiger partial charge in [-0.2, -0.15) is 0 Å². The van der Waals surface area contributed by atoms with Gasteiger partial charge in [0.05, 0.1) is 5.57 Å². The Bertz CT molecular complexity index is 1250. The molecule has 2 amide bonds. The predicted octanol–water partition coefficient (Wildman–Crippen LogP) is 4.87. The highest BCUT2D eigenvalue weighted by Gasteiger charge is 2.25. The maximum Gasteiger partial charge on any atom is 0.256 e. The minimum Gasteiger partial charge on any atom is -0.457 e. The summed E-state index contributed by atoms with van der Waals surface area (Å²) >= 11 is 6.10. The second-order valence-corrected chi connectivity index (χ2v) is 8.87. The van der Waals surface area contributed by atoms with E-state index < -0.39 is 0 Å². The van der Waals surface area contributed by atoms with Crippen molar-refractivity contribution in [3.05, 3.63) is 76.5 Å². The van der Waals surface area contributed by atoms with E-state index in [0.717, 1.165) is 49.4 Å². The van der Waals surface area contributed by atoms with Crippen LogP contribution in [0.25, 0.3) is 23.0 Å². The lowest BCUT2D eigenvalue weighted by atomic mass is 10.1. The molecule has 1 fully saturated rings. The van der Waals surface area contributed by atoms with Crippen LogP contribution in [0.15, 0.2) is 59.0 Å². The zero-order valence-electron chi connectivity index (χ0n) is 18.3. The number of carbonyl (C=O) groups excluding carboxylic acids is 2. The molecule has 1 aromatic heterocycles. The molecular weight excluding hydrogens is 438 g/mol. The van der Waals surface area contributed by atoms with Crippen LogP contribution < -0.4 is 5.32 Å². The molecule has 2 aliphatic rings. The van der Waals surface area contributed by atoms with E-state index in [4.69, 9.17) is 16.0 Å². The Morgan fingerprint density at radius 3 is 2.67 bits per heavy atom. The Morgan fingerprint density at radius 1 is 1.03 bits per heavy atom. The third-order valence-corrected chi connectivity index (χ3v) is 6.34. The maximum absolute atomic E-state index is 12.9. The summed E-state index contributed by atoms with van der Waals surface area (Å²) in [5.41, 5.74) is 3.55. The van der Waals surface area contributed by atoms with Crippen molar-refractivity contribution in [3.8, 4) is 11.3 Å². The topological polar surface area (TPSA) is 65.8 Å². The molecule has 33 heavy (non-hydrogen) atoms. The van der Waals surface area contributed by atoms with Crippen molar-refractivity contribution in [2.45, 2.75) is 6.42 Å². The van der Waals surface area contributed by atoms with E-state index in [1.54, 1.807) is 24.3 Å². The fraction of sp³-hybridized carbons (Fsp3) is 0.231. The van der Waals surface area contributed by atoms with Gasteiger partial charge >= 0.3 is 0 Å². The fourth-order valence-electron chi connectivity index (χ4n) is 4.24. The lowest BCUT2D eigenvalue weighted by Crippen LogP contribution is -2.34. The van der Waals surface area contributed by atoms with Crippen LogP contribution in [0.2, 0.25) is 5.02 Å². The molecule has 0 aliphatic carbocycles. The van der Waals surface area contributed by atoms with Crippen LogP contribution in [0.4, 0.5) is 5.69 Å². The molecule has 1 N–H and O–H groups in total. The standard InChI is InChI=1S/C26H24ClN3O3/c1-29-11-2-12-30(14-13-29)26(32)18-5-3-17(4-6-18)24-10-8-20(33-24)16-22-21-15-19(27)7-9-23(21)28-25(22)31/h3-10,15-16H,2,11-14H2,1H3,(H,28,31)/b22-16+. The number of likely N-dealkylation sites (N-methyl/N-ethyl adjacent to an activating group) is 1. The van der Waals surface area contributed by atoms with Crippen LogP contribution in [-0.4, -0.2) is 54.8 Å². The number of nitrogens with one attached hydrogen (secondary N) is 1. The smallest absolute Gasteiger partial charge is 0.256 e. The van der Waals surface area contributed by atoms with Gasteiger partial charge in [-0.15, -0.1) is 0 Å². The van der Waals surface area contributed by atoms with E-state index in [2.05, 4.69) is 17.3 Å². The minimum absolute atomic E-state index is 0.0614. The van der Waals surface area contributed by atoms with E-state index in [9.17, 15) is 9.59 Å². The molecule has 0 spiro atoms. The summed E-state index contributed by atoms with van der Waals surface area (Å²) in [6.45, 7) is 3.43. The molecule has 168 valence electrons. The molecule has 7 heteroatoms. The molecule has 3 heterocycles. The average molecular weight is 462 g/mol. The maximum atomic E-state index is 12.9. The Balaban J connectivity index is 1.34. The number of nitrogens with zero attached hydrogens (tertiary/aromatic N) is 2. The summed E-state index contributed by atoms with van der Waals surface area (Å²) in [6, 6.07) is 16.5. The molecule has 1 saturated heterocycles. The van der Waals surface area contributed by atoms with Gasteiger partial charge in [0, 0.05) is 47.0 Å². The SMILES string of the molecule is CN1CCCN(C(=O)c2ccc(-c3ccc(/C=C4/C(=O)Nc5ccc(Cl)cc54)o3)cc2)CC1. The number of benzene rings is 2. The van der Waals surface area contributed by atoms with Crippen molar-refractivity contribution in [3.63, 3.8) is 0 Å². The van der Waals surface area contributed by atoms with E-state index >= 15 is 0 Å². The number of furan rings is 1. The summed E-state index contributed by atoms with van der Waals surface area (Å²) < 4.78 is 5.98. The van der Waals surface area contributed by atoms with Crippen molar-refractivity contribution in [2.75, 3.05) is 38.5 Å². The molecule has 3 aromatic rings. The van der Waals surface area contributed by atoms with Gasteiger partial charge in [-0.1, -0.05) is 23.7 Å². The van der Waals surface area contributed by atoms with Crippen LogP contribution in [-0.2, 0) is 4.79 Å². The molecular formula is C26H24ClN3O3. The van der Waals surface area contributed by atoms with Gasteiger partial charge < -0.3 is 19.5 Å². The number of hydrogen-bond donors (Lipinski definition) is 1. The lowest BCUT2D eigenvalue weighted by Gasteiger charge is -2.20. The molecule has 5 rings (SSSR count). The summed E-state index contributed by atoms with van der Waals surface area (Å²) in [4.78, 5) is 29.5. The van der Waals surface area contributed by atoms with Crippen molar-refractivity contribution >= 4 is 40.8 Å². The van der Waals surface area contributed by atoms with Crippen LogP contribution in [0, 0.1) is 0 Å². The van der Waals surface area contributed by atoms with Gasteiger partial charge in [0.1, 0.15) is 11.5 Å².